The number of anilines is 1. The molecule has 7 N–H and O–H groups in total. The molecule has 0 bridgehead atoms. The smallest absolute Gasteiger partial charge is 0.252 e. The van der Waals surface area contributed by atoms with Crippen molar-refractivity contribution in [3.8, 4) is 0 Å². The number of rotatable bonds is 6. The second kappa shape index (κ2) is 6.89. The Kier molecular flexibility index (Phi) is 4.80. The van der Waals surface area contributed by atoms with Crippen molar-refractivity contribution in [2.75, 3.05) is 18.6 Å². The van der Waals surface area contributed by atoms with E-state index < -0.39 is 36.6 Å². The topological polar surface area (TPSA) is 198 Å². The number of carbonyl (C=O) groups excluding carboxylic acids is 2. The van der Waals surface area contributed by atoms with Gasteiger partial charge in [-0.25, -0.2) is 15.0 Å². The van der Waals surface area contributed by atoms with Crippen LogP contribution in [0, 0.1) is 0 Å². The fourth-order valence-electron chi connectivity index (χ4n) is 2.69. The average molecular weight is 367 g/mol. The van der Waals surface area contributed by atoms with E-state index in [1.807, 2.05) is 0 Å². The highest BCUT2D eigenvalue weighted by atomic mass is 16.6. The maximum Gasteiger partial charge on any atom is 0.252 e. The molecule has 0 aromatic carbocycles. The van der Waals surface area contributed by atoms with Crippen LogP contribution >= 0.6 is 0 Å². The Labute approximate surface area is 145 Å². The van der Waals surface area contributed by atoms with E-state index in [0.29, 0.717) is 6.29 Å². The van der Waals surface area contributed by atoms with E-state index in [1.165, 1.54) is 6.33 Å². The number of hydrogen-bond acceptors (Lipinski definition) is 11. The van der Waals surface area contributed by atoms with Gasteiger partial charge in [-0.15, -0.1) is 0 Å². The van der Waals surface area contributed by atoms with Crippen molar-refractivity contribution in [1.82, 2.24) is 24.9 Å². The zero-order chi connectivity index (χ0) is 18.9. The molecule has 1 fully saturated rings. The van der Waals surface area contributed by atoms with Crippen LogP contribution in [-0.4, -0.2) is 78.5 Å². The summed E-state index contributed by atoms with van der Waals surface area (Å²) in [4.78, 5) is 35.0. The predicted octanol–water partition coefficient (Wildman–Crippen LogP) is -3.81. The highest BCUT2D eigenvalue weighted by molar-refractivity contribution is 5.86. The molecule has 3 rings (SSSR count). The summed E-state index contributed by atoms with van der Waals surface area (Å²) in [7, 11) is 0. The zero-order valence-corrected chi connectivity index (χ0v) is 13.3. The van der Waals surface area contributed by atoms with Gasteiger partial charge in [0.25, 0.3) is 5.91 Å². The number of aromatic nitrogens is 4. The fraction of sp³-hybridized carbons (Fsp3) is 0.462. The second-order valence-corrected chi connectivity index (χ2v) is 5.53. The number of nitrogens with two attached hydrogens (primary N) is 1. The Bertz CT molecular complexity index is 828. The minimum atomic E-state index is -2.03. The normalized spacial score (nSPS) is 28.2. The van der Waals surface area contributed by atoms with Crippen LogP contribution in [-0.2, 0) is 20.1 Å². The van der Waals surface area contributed by atoms with Crippen molar-refractivity contribution in [3.63, 3.8) is 0 Å². The number of hydrogen-bond donors (Lipinski definition) is 6. The lowest BCUT2D eigenvalue weighted by Crippen LogP contribution is -2.46. The Morgan fingerprint density at radius 1 is 1.42 bits per heavy atom. The lowest BCUT2D eigenvalue weighted by Gasteiger charge is -2.27. The molecule has 2 aromatic heterocycles. The lowest BCUT2D eigenvalue weighted by atomic mass is 10.0. The van der Waals surface area contributed by atoms with Crippen LogP contribution in [0.1, 0.15) is 0 Å². The number of aliphatic hydroxyl groups is 3. The van der Waals surface area contributed by atoms with E-state index in [9.17, 15) is 24.9 Å². The molecule has 0 unspecified atom stereocenters. The molecule has 1 saturated heterocycles. The van der Waals surface area contributed by atoms with Crippen LogP contribution in [0.4, 0.5) is 5.82 Å². The van der Waals surface area contributed by atoms with E-state index in [1.54, 1.807) is 0 Å². The highest BCUT2D eigenvalue weighted by Crippen LogP contribution is 2.36. The number of hydrazine groups is 1. The molecule has 13 nitrogen and oxygen atoms in total. The summed E-state index contributed by atoms with van der Waals surface area (Å²) in [5, 5.41) is 29.6. The summed E-state index contributed by atoms with van der Waals surface area (Å²) < 4.78 is 6.54. The summed E-state index contributed by atoms with van der Waals surface area (Å²) in [5.74, 6) is -0.382. The molecule has 1 aliphatic heterocycles. The molecule has 0 saturated carbocycles. The number of imidazole rings is 1. The first-order chi connectivity index (χ1) is 12.5. The van der Waals surface area contributed by atoms with Crippen LogP contribution in [0.3, 0.4) is 0 Å². The molecule has 4 atom stereocenters. The zero-order valence-electron chi connectivity index (χ0n) is 13.3. The third-order valence-corrected chi connectivity index (χ3v) is 4.03. The highest BCUT2D eigenvalue weighted by Gasteiger charge is 2.56. The molecule has 0 aliphatic carbocycles. The van der Waals surface area contributed by atoms with E-state index >= 15 is 0 Å². The monoisotopic (exact) mass is 367 g/mol. The van der Waals surface area contributed by atoms with Gasteiger partial charge in [-0.2, -0.15) is 0 Å². The van der Waals surface area contributed by atoms with E-state index in [2.05, 4.69) is 25.8 Å². The first-order valence-electron chi connectivity index (χ1n) is 7.53. The van der Waals surface area contributed by atoms with Gasteiger partial charge in [0.2, 0.25) is 5.72 Å². The van der Waals surface area contributed by atoms with E-state index in [4.69, 9.17) is 10.5 Å². The number of fused-ring (bicyclic) bond motifs is 1. The summed E-state index contributed by atoms with van der Waals surface area (Å²) in [6, 6.07) is 0. The van der Waals surface area contributed by atoms with Crippen molar-refractivity contribution in [1.29, 1.82) is 0 Å². The Hall–Kier alpha value is -2.71. The van der Waals surface area contributed by atoms with Crippen molar-refractivity contribution in [3.05, 3.63) is 12.7 Å². The maximum absolute atomic E-state index is 11.8. The second-order valence-electron chi connectivity index (χ2n) is 5.53. The van der Waals surface area contributed by atoms with E-state index in [-0.39, 0.29) is 23.5 Å². The molecule has 0 spiro atoms. The SMILES string of the molecule is NCC(=O)NNc1ncnc2c1ncn2[C@]1(C=O)O[C@H](CO)[C@@H](O)[C@H]1O. The molecular formula is C13H17N7O6. The number of aldehydes is 1. The number of amides is 1. The molecule has 3 heterocycles. The Balaban J connectivity index is 2.03. The van der Waals surface area contributed by atoms with Gasteiger partial charge in [0.05, 0.1) is 13.2 Å². The minimum absolute atomic E-state index is 0.0847. The third-order valence-electron chi connectivity index (χ3n) is 4.03. The summed E-state index contributed by atoms with van der Waals surface area (Å²) in [6.07, 6.45) is -1.74. The molecule has 140 valence electrons. The van der Waals surface area contributed by atoms with Crippen LogP contribution in [0.2, 0.25) is 0 Å². The molecule has 13 heteroatoms. The van der Waals surface area contributed by atoms with Crippen molar-refractivity contribution < 1.29 is 29.6 Å². The van der Waals surface area contributed by atoms with E-state index in [0.717, 1.165) is 10.9 Å². The number of carbonyl (C=O) groups is 2. The van der Waals surface area contributed by atoms with Crippen LogP contribution in [0.25, 0.3) is 11.2 Å². The number of ether oxygens (including phenoxy) is 1. The van der Waals surface area contributed by atoms with Crippen molar-refractivity contribution in [2.45, 2.75) is 24.0 Å². The number of aliphatic hydroxyl groups excluding tert-OH is 3. The first kappa shape index (κ1) is 18.1. The van der Waals surface area contributed by atoms with Crippen molar-refractivity contribution in [2.24, 2.45) is 5.73 Å². The van der Waals surface area contributed by atoms with Crippen molar-refractivity contribution >= 4 is 29.2 Å². The minimum Gasteiger partial charge on any atom is -0.394 e. The van der Waals surface area contributed by atoms with Gasteiger partial charge >= 0.3 is 0 Å². The molecule has 1 aliphatic rings. The quantitative estimate of drug-likeness (QED) is 0.216. The first-order valence-corrected chi connectivity index (χ1v) is 7.53. The van der Waals surface area contributed by atoms with Gasteiger partial charge in [-0.05, 0) is 0 Å². The Morgan fingerprint density at radius 3 is 2.81 bits per heavy atom. The standard InChI is InChI=1S/C13H17N7O6/c14-1-7(23)18-19-11-8-12(16-4-15-11)20(5-17-8)13(3-22)10(25)9(24)6(2-21)26-13/h3-6,9-10,21,24-25H,1-2,14H2,(H,18,23)(H,15,16,19)/t6-,9-,10-,13-/m1/s1. The molecular weight excluding hydrogens is 350 g/mol. The fourth-order valence-corrected chi connectivity index (χ4v) is 2.69. The Morgan fingerprint density at radius 2 is 2.19 bits per heavy atom. The maximum atomic E-state index is 11.8. The van der Waals surface area contributed by atoms with Gasteiger partial charge in [0, 0.05) is 0 Å². The predicted molar refractivity (Wildman–Crippen MR) is 84.2 cm³/mol. The lowest BCUT2D eigenvalue weighted by molar-refractivity contribution is -0.160. The van der Waals surface area contributed by atoms with Gasteiger partial charge < -0.3 is 25.8 Å². The largest absolute Gasteiger partial charge is 0.394 e. The van der Waals surface area contributed by atoms with Gasteiger partial charge in [0.1, 0.15) is 31.0 Å². The molecule has 2 aromatic rings. The number of nitrogens with zero attached hydrogens (tertiary/aromatic N) is 4. The summed E-state index contributed by atoms with van der Waals surface area (Å²) >= 11 is 0. The van der Waals surface area contributed by atoms with Crippen LogP contribution in [0.5, 0.6) is 0 Å². The summed E-state index contributed by atoms with van der Waals surface area (Å²) in [6.45, 7) is -0.849. The number of nitrogens with one attached hydrogen (secondary N) is 2. The molecule has 26 heavy (non-hydrogen) atoms. The van der Waals surface area contributed by atoms with Gasteiger partial charge in [-0.3, -0.25) is 25.0 Å². The molecule has 0 radical (unpaired) electrons. The van der Waals surface area contributed by atoms with Crippen LogP contribution < -0.4 is 16.6 Å². The average Bonchev–Trinajstić information content (AvgIpc) is 3.21. The van der Waals surface area contributed by atoms with Gasteiger partial charge in [-0.1, -0.05) is 0 Å². The molecule has 1 amide bonds. The third kappa shape index (κ3) is 2.67. The van der Waals surface area contributed by atoms with Crippen LogP contribution in [0.15, 0.2) is 12.7 Å². The van der Waals surface area contributed by atoms with Gasteiger partial charge in [0.15, 0.2) is 23.3 Å². The summed E-state index contributed by atoms with van der Waals surface area (Å²) in [5.41, 5.74) is 8.22.